The van der Waals surface area contributed by atoms with E-state index in [0.29, 0.717) is 6.61 Å². The summed E-state index contributed by atoms with van der Waals surface area (Å²) in [4.78, 5) is 0. The molecule has 4 heteroatoms. The molecule has 0 radical (unpaired) electrons. The van der Waals surface area contributed by atoms with Gasteiger partial charge >= 0.3 is 0 Å². The molecule has 0 saturated carbocycles. The number of thiophene rings is 1. The summed E-state index contributed by atoms with van der Waals surface area (Å²) >= 11 is 1.76. The van der Waals surface area contributed by atoms with Crippen LogP contribution in [0.15, 0.2) is 53.9 Å². The minimum absolute atomic E-state index is 0.585. The lowest BCUT2D eigenvalue weighted by atomic mass is 10.2. The Kier molecular flexibility index (Phi) is 4.26. The monoisotopic (exact) mass is 299 g/mol. The van der Waals surface area contributed by atoms with E-state index in [9.17, 15) is 0 Å². The maximum absolute atomic E-state index is 5.74. The first-order valence-electron chi connectivity index (χ1n) is 6.84. The number of para-hydroxylation sites is 2. The van der Waals surface area contributed by atoms with Gasteiger partial charge in [0.25, 0.3) is 0 Å². The van der Waals surface area contributed by atoms with Crippen LogP contribution in [-0.2, 0) is 0 Å². The fourth-order valence-electron chi connectivity index (χ4n) is 2.17. The SMILES string of the molecule is COc1ccccc1OCCNc1ccc2sccc2c1. The summed E-state index contributed by atoms with van der Waals surface area (Å²) in [5.41, 5.74) is 1.12. The first kappa shape index (κ1) is 13.8. The van der Waals surface area contributed by atoms with Gasteiger partial charge in [0, 0.05) is 16.9 Å². The molecule has 0 bridgehead atoms. The van der Waals surface area contributed by atoms with Gasteiger partial charge < -0.3 is 14.8 Å². The van der Waals surface area contributed by atoms with E-state index < -0.39 is 0 Å². The number of hydrogen-bond acceptors (Lipinski definition) is 4. The van der Waals surface area contributed by atoms with E-state index in [1.807, 2.05) is 24.3 Å². The van der Waals surface area contributed by atoms with Gasteiger partial charge in [0.2, 0.25) is 0 Å². The molecule has 0 unspecified atom stereocenters. The topological polar surface area (TPSA) is 30.5 Å². The van der Waals surface area contributed by atoms with Crippen LogP contribution in [0.1, 0.15) is 0 Å². The Morgan fingerprint density at radius 3 is 2.76 bits per heavy atom. The quantitative estimate of drug-likeness (QED) is 0.684. The highest BCUT2D eigenvalue weighted by atomic mass is 32.1. The van der Waals surface area contributed by atoms with Crippen molar-refractivity contribution in [2.24, 2.45) is 0 Å². The second-order valence-corrected chi connectivity index (χ2v) is 5.55. The lowest BCUT2D eigenvalue weighted by molar-refractivity contribution is 0.306. The Labute approximate surface area is 128 Å². The van der Waals surface area contributed by atoms with Gasteiger partial charge in [-0.25, -0.2) is 0 Å². The van der Waals surface area contributed by atoms with Crippen LogP contribution in [-0.4, -0.2) is 20.3 Å². The molecule has 0 aliphatic heterocycles. The largest absolute Gasteiger partial charge is 0.493 e. The van der Waals surface area contributed by atoms with Crippen LogP contribution >= 0.6 is 11.3 Å². The summed E-state index contributed by atoms with van der Waals surface area (Å²) in [5, 5.41) is 6.76. The van der Waals surface area contributed by atoms with Crippen molar-refractivity contribution in [1.29, 1.82) is 0 Å². The molecule has 3 aromatic rings. The Bertz CT molecular complexity index is 723. The molecule has 3 nitrogen and oxygen atoms in total. The van der Waals surface area contributed by atoms with E-state index in [4.69, 9.17) is 9.47 Å². The van der Waals surface area contributed by atoms with Crippen molar-refractivity contribution in [2.45, 2.75) is 0 Å². The van der Waals surface area contributed by atoms with Crippen LogP contribution in [0.3, 0.4) is 0 Å². The highest BCUT2D eigenvalue weighted by molar-refractivity contribution is 7.17. The van der Waals surface area contributed by atoms with E-state index in [0.717, 1.165) is 23.7 Å². The number of benzene rings is 2. The second-order valence-electron chi connectivity index (χ2n) is 4.60. The maximum Gasteiger partial charge on any atom is 0.161 e. The summed E-state index contributed by atoms with van der Waals surface area (Å²) in [6.07, 6.45) is 0. The van der Waals surface area contributed by atoms with E-state index in [-0.39, 0.29) is 0 Å². The van der Waals surface area contributed by atoms with Gasteiger partial charge in [-0.3, -0.25) is 0 Å². The van der Waals surface area contributed by atoms with Crippen molar-refractivity contribution >= 4 is 27.1 Å². The fourth-order valence-corrected chi connectivity index (χ4v) is 2.94. The first-order valence-corrected chi connectivity index (χ1v) is 7.72. The van der Waals surface area contributed by atoms with Crippen molar-refractivity contribution in [3.63, 3.8) is 0 Å². The Hall–Kier alpha value is -2.20. The molecule has 2 aromatic carbocycles. The van der Waals surface area contributed by atoms with Gasteiger partial charge in [0.05, 0.1) is 7.11 Å². The average Bonchev–Trinajstić information content (AvgIpc) is 2.99. The van der Waals surface area contributed by atoms with Crippen molar-refractivity contribution < 1.29 is 9.47 Å². The van der Waals surface area contributed by atoms with Gasteiger partial charge in [0.1, 0.15) is 6.61 Å². The minimum atomic E-state index is 0.585. The summed E-state index contributed by atoms with van der Waals surface area (Å²) < 4.78 is 12.3. The van der Waals surface area contributed by atoms with Gasteiger partial charge in [-0.1, -0.05) is 12.1 Å². The standard InChI is InChI=1S/C17H17NO2S/c1-19-15-4-2-3-5-16(15)20-10-9-18-14-6-7-17-13(12-14)8-11-21-17/h2-8,11-12,18H,9-10H2,1H3. The van der Waals surface area contributed by atoms with Crippen molar-refractivity contribution in [3.05, 3.63) is 53.9 Å². The number of hydrogen-bond donors (Lipinski definition) is 1. The summed E-state index contributed by atoms with van der Waals surface area (Å²) in [7, 11) is 1.65. The third-order valence-electron chi connectivity index (χ3n) is 3.21. The maximum atomic E-state index is 5.74. The molecule has 3 rings (SSSR count). The number of methoxy groups -OCH3 is 1. The predicted molar refractivity (Wildman–Crippen MR) is 88.8 cm³/mol. The molecule has 0 aliphatic rings. The first-order chi connectivity index (χ1) is 10.4. The minimum Gasteiger partial charge on any atom is -0.493 e. The lowest BCUT2D eigenvalue weighted by Gasteiger charge is -2.11. The Balaban J connectivity index is 1.54. The van der Waals surface area contributed by atoms with Gasteiger partial charge in [-0.2, -0.15) is 0 Å². The molecule has 21 heavy (non-hydrogen) atoms. The number of nitrogens with one attached hydrogen (secondary N) is 1. The van der Waals surface area contributed by atoms with Crippen LogP contribution in [0.4, 0.5) is 5.69 Å². The van der Waals surface area contributed by atoms with Crippen molar-refractivity contribution in [1.82, 2.24) is 0 Å². The molecule has 1 N–H and O–H groups in total. The normalized spacial score (nSPS) is 10.5. The Morgan fingerprint density at radius 2 is 1.90 bits per heavy atom. The van der Waals surface area contributed by atoms with E-state index >= 15 is 0 Å². The van der Waals surface area contributed by atoms with E-state index in [1.165, 1.54) is 10.1 Å². The zero-order chi connectivity index (χ0) is 14.5. The Morgan fingerprint density at radius 1 is 1.05 bits per heavy atom. The number of ether oxygens (including phenoxy) is 2. The van der Waals surface area contributed by atoms with Gasteiger partial charge in [-0.05, 0) is 47.2 Å². The van der Waals surface area contributed by atoms with Crippen molar-refractivity contribution in [2.75, 3.05) is 25.6 Å². The zero-order valence-electron chi connectivity index (χ0n) is 11.8. The smallest absolute Gasteiger partial charge is 0.161 e. The summed E-state index contributed by atoms with van der Waals surface area (Å²) in [5.74, 6) is 1.53. The summed E-state index contributed by atoms with van der Waals surface area (Å²) in [6, 6.07) is 16.2. The molecule has 0 spiro atoms. The fraction of sp³-hybridized carbons (Fsp3) is 0.176. The molecule has 1 heterocycles. The van der Waals surface area contributed by atoms with Gasteiger partial charge in [0.15, 0.2) is 11.5 Å². The predicted octanol–water partition coefficient (Wildman–Crippen LogP) is 4.40. The molecule has 108 valence electrons. The molecule has 0 atom stereocenters. The van der Waals surface area contributed by atoms with Crippen LogP contribution in [0.5, 0.6) is 11.5 Å². The number of rotatable bonds is 6. The van der Waals surface area contributed by atoms with E-state index in [2.05, 4.69) is 35.0 Å². The zero-order valence-corrected chi connectivity index (χ0v) is 12.7. The summed E-state index contributed by atoms with van der Waals surface area (Å²) in [6.45, 7) is 1.33. The third kappa shape index (κ3) is 3.28. The van der Waals surface area contributed by atoms with Crippen LogP contribution in [0.2, 0.25) is 0 Å². The molecule has 1 aromatic heterocycles. The molecular formula is C17H17NO2S. The van der Waals surface area contributed by atoms with Crippen LogP contribution in [0, 0.1) is 0 Å². The third-order valence-corrected chi connectivity index (χ3v) is 4.11. The molecule has 0 aliphatic carbocycles. The highest BCUT2D eigenvalue weighted by Crippen LogP contribution is 2.26. The number of fused-ring (bicyclic) bond motifs is 1. The lowest BCUT2D eigenvalue weighted by Crippen LogP contribution is -2.11. The molecular weight excluding hydrogens is 282 g/mol. The van der Waals surface area contributed by atoms with Crippen molar-refractivity contribution in [3.8, 4) is 11.5 Å². The molecule has 0 amide bonds. The second kappa shape index (κ2) is 6.50. The van der Waals surface area contributed by atoms with Crippen LogP contribution in [0.25, 0.3) is 10.1 Å². The molecule has 0 saturated heterocycles. The van der Waals surface area contributed by atoms with Crippen LogP contribution < -0.4 is 14.8 Å². The molecule has 0 fully saturated rings. The van der Waals surface area contributed by atoms with E-state index in [1.54, 1.807) is 18.4 Å². The number of anilines is 1. The average molecular weight is 299 g/mol. The highest BCUT2D eigenvalue weighted by Gasteiger charge is 2.02. The van der Waals surface area contributed by atoms with Gasteiger partial charge in [-0.15, -0.1) is 11.3 Å².